The summed E-state index contributed by atoms with van der Waals surface area (Å²) in [5, 5.41) is 3.08. The Bertz CT molecular complexity index is 746. The predicted molar refractivity (Wildman–Crippen MR) is 88.0 cm³/mol. The molecule has 120 valence electrons. The van der Waals surface area contributed by atoms with E-state index in [1.807, 2.05) is 0 Å². The number of hydrogen-bond donors (Lipinski definition) is 2. The fourth-order valence-electron chi connectivity index (χ4n) is 1.67. The van der Waals surface area contributed by atoms with Crippen LogP contribution in [-0.4, -0.2) is 29.5 Å². The minimum absolute atomic E-state index is 0.204. The standard InChI is InChI=1S/C14H12ClN3O4S/c1-7(19)17-14-18-13(21)11(23-14)5-8-4-9(15)2-3-10(8)22-6-12(16)20/h2-5H,6H2,1H3,(H2,16,20)(H,17,18,19,21). The molecule has 3 amide bonds. The molecule has 1 aliphatic heterocycles. The molecule has 2 rings (SSSR count). The van der Waals surface area contributed by atoms with Crippen molar-refractivity contribution < 1.29 is 19.1 Å². The molecule has 0 bridgehead atoms. The first-order valence-corrected chi connectivity index (χ1v) is 7.55. The first-order chi connectivity index (χ1) is 10.8. The maximum atomic E-state index is 11.9. The summed E-state index contributed by atoms with van der Waals surface area (Å²) in [6, 6.07) is 4.73. The van der Waals surface area contributed by atoms with E-state index in [9.17, 15) is 14.4 Å². The van der Waals surface area contributed by atoms with Gasteiger partial charge in [-0.1, -0.05) is 11.6 Å². The average molecular weight is 354 g/mol. The van der Waals surface area contributed by atoms with Crippen LogP contribution < -0.4 is 15.8 Å². The Hall–Kier alpha value is -2.32. The van der Waals surface area contributed by atoms with Crippen LogP contribution in [0, 0.1) is 0 Å². The van der Waals surface area contributed by atoms with E-state index in [4.69, 9.17) is 22.1 Å². The number of carbonyl (C=O) groups is 3. The second-order valence-corrected chi connectivity index (χ2v) is 5.92. The van der Waals surface area contributed by atoms with E-state index >= 15 is 0 Å². The van der Waals surface area contributed by atoms with Crippen molar-refractivity contribution in [1.82, 2.24) is 5.32 Å². The van der Waals surface area contributed by atoms with Crippen LogP contribution in [0.2, 0.25) is 5.02 Å². The summed E-state index contributed by atoms with van der Waals surface area (Å²) in [5.41, 5.74) is 5.54. The van der Waals surface area contributed by atoms with Crippen LogP contribution in [0.25, 0.3) is 6.08 Å². The topological polar surface area (TPSA) is 111 Å². The highest BCUT2D eigenvalue weighted by atomic mass is 35.5. The number of nitrogens with two attached hydrogens (primary N) is 1. The molecule has 1 heterocycles. The van der Waals surface area contributed by atoms with Gasteiger partial charge in [-0.25, -0.2) is 0 Å². The van der Waals surface area contributed by atoms with Crippen molar-refractivity contribution in [2.45, 2.75) is 6.92 Å². The van der Waals surface area contributed by atoms with E-state index in [2.05, 4.69) is 10.3 Å². The highest BCUT2D eigenvalue weighted by molar-refractivity contribution is 8.18. The largest absolute Gasteiger partial charge is 0.483 e. The molecule has 1 aliphatic rings. The Kier molecular flexibility index (Phi) is 5.41. The minimum atomic E-state index is -0.624. The zero-order valence-electron chi connectivity index (χ0n) is 12.0. The highest BCUT2D eigenvalue weighted by Crippen LogP contribution is 2.31. The molecule has 0 fully saturated rings. The molecule has 1 aromatic carbocycles. The van der Waals surface area contributed by atoms with Gasteiger partial charge in [0.15, 0.2) is 11.8 Å². The fourth-order valence-corrected chi connectivity index (χ4v) is 2.70. The maximum Gasteiger partial charge on any atom is 0.286 e. The zero-order chi connectivity index (χ0) is 17.0. The van der Waals surface area contributed by atoms with Gasteiger partial charge in [-0.2, -0.15) is 4.99 Å². The minimum Gasteiger partial charge on any atom is -0.483 e. The molecule has 0 aromatic heterocycles. The van der Waals surface area contributed by atoms with Gasteiger partial charge in [0.05, 0.1) is 4.91 Å². The lowest BCUT2D eigenvalue weighted by atomic mass is 10.2. The molecular weight excluding hydrogens is 342 g/mol. The monoisotopic (exact) mass is 353 g/mol. The van der Waals surface area contributed by atoms with E-state index in [0.29, 0.717) is 21.2 Å². The molecule has 1 aromatic rings. The van der Waals surface area contributed by atoms with Gasteiger partial charge < -0.3 is 15.8 Å². The molecule has 0 aliphatic carbocycles. The third kappa shape index (κ3) is 4.83. The van der Waals surface area contributed by atoms with Gasteiger partial charge in [0, 0.05) is 17.5 Å². The van der Waals surface area contributed by atoms with Crippen molar-refractivity contribution in [2.24, 2.45) is 10.7 Å². The van der Waals surface area contributed by atoms with Crippen molar-refractivity contribution >= 4 is 52.3 Å². The molecule has 0 unspecified atom stereocenters. The number of nitrogens with one attached hydrogen (secondary N) is 1. The molecule has 23 heavy (non-hydrogen) atoms. The third-order valence-electron chi connectivity index (χ3n) is 2.53. The van der Waals surface area contributed by atoms with E-state index in [-0.39, 0.29) is 17.7 Å². The quantitative estimate of drug-likeness (QED) is 0.793. The van der Waals surface area contributed by atoms with Gasteiger partial charge >= 0.3 is 0 Å². The summed E-state index contributed by atoms with van der Waals surface area (Å²) in [6.45, 7) is 1.02. The van der Waals surface area contributed by atoms with Crippen molar-refractivity contribution in [2.75, 3.05) is 6.61 Å². The number of nitrogens with zero attached hydrogens (tertiary/aromatic N) is 1. The molecule has 0 radical (unpaired) electrons. The number of rotatable bonds is 4. The van der Waals surface area contributed by atoms with Gasteiger partial charge in [-0.3, -0.25) is 14.4 Å². The lowest BCUT2D eigenvalue weighted by molar-refractivity contribution is -0.120. The number of aliphatic imine (C=N–C) groups is 1. The number of carbonyl (C=O) groups excluding carboxylic acids is 3. The lowest BCUT2D eigenvalue weighted by Crippen LogP contribution is -2.23. The molecule has 7 nitrogen and oxygen atoms in total. The number of amides is 3. The number of hydrogen-bond acceptors (Lipinski definition) is 5. The van der Waals surface area contributed by atoms with Crippen LogP contribution in [-0.2, 0) is 14.4 Å². The van der Waals surface area contributed by atoms with Gasteiger partial charge in [0.1, 0.15) is 5.75 Å². The zero-order valence-corrected chi connectivity index (χ0v) is 13.5. The molecule has 0 atom stereocenters. The number of amidine groups is 1. The van der Waals surface area contributed by atoms with E-state index in [1.54, 1.807) is 18.2 Å². The summed E-state index contributed by atoms with van der Waals surface area (Å²) in [5.74, 6) is -1.08. The molecule has 0 saturated carbocycles. The Morgan fingerprint density at radius 3 is 2.87 bits per heavy atom. The number of ether oxygens (including phenoxy) is 1. The van der Waals surface area contributed by atoms with Gasteiger partial charge in [0.25, 0.3) is 11.8 Å². The molecule has 3 N–H and O–H groups in total. The predicted octanol–water partition coefficient (Wildman–Crippen LogP) is 1.31. The molecule has 0 spiro atoms. The highest BCUT2D eigenvalue weighted by Gasteiger charge is 2.23. The summed E-state index contributed by atoms with van der Waals surface area (Å²) >= 11 is 6.97. The fraction of sp³-hybridized carbons (Fsp3) is 0.143. The number of halogens is 1. The summed E-state index contributed by atoms with van der Waals surface area (Å²) < 4.78 is 5.29. The lowest BCUT2D eigenvalue weighted by Gasteiger charge is -2.08. The summed E-state index contributed by atoms with van der Waals surface area (Å²) in [6.07, 6.45) is 1.52. The van der Waals surface area contributed by atoms with Gasteiger partial charge in [-0.05, 0) is 36.0 Å². The average Bonchev–Trinajstić information content (AvgIpc) is 2.76. The second kappa shape index (κ2) is 7.30. The van der Waals surface area contributed by atoms with Crippen molar-refractivity contribution in [3.8, 4) is 5.75 Å². The van der Waals surface area contributed by atoms with Crippen molar-refractivity contribution in [3.63, 3.8) is 0 Å². The van der Waals surface area contributed by atoms with Gasteiger partial charge in [0.2, 0.25) is 5.91 Å². The summed E-state index contributed by atoms with van der Waals surface area (Å²) in [7, 11) is 0. The van der Waals surface area contributed by atoms with Crippen LogP contribution in [0.1, 0.15) is 12.5 Å². The first kappa shape index (κ1) is 17.0. The Balaban J connectivity index is 2.25. The van der Waals surface area contributed by atoms with E-state index < -0.39 is 11.8 Å². The Morgan fingerprint density at radius 2 is 2.22 bits per heavy atom. The number of thioether (sulfide) groups is 1. The number of primary amides is 1. The van der Waals surface area contributed by atoms with E-state index in [0.717, 1.165) is 11.8 Å². The van der Waals surface area contributed by atoms with Crippen molar-refractivity contribution in [1.29, 1.82) is 0 Å². The molecular formula is C14H12ClN3O4S. The van der Waals surface area contributed by atoms with E-state index in [1.165, 1.54) is 13.0 Å². The van der Waals surface area contributed by atoms with Crippen LogP contribution in [0.5, 0.6) is 5.75 Å². The van der Waals surface area contributed by atoms with Crippen molar-refractivity contribution in [3.05, 3.63) is 33.7 Å². The SMILES string of the molecule is CC(=O)NC1=NC(=O)C(=Cc2cc(Cl)ccc2OCC(N)=O)S1. The second-order valence-electron chi connectivity index (χ2n) is 4.45. The smallest absolute Gasteiger partial charge is 0.286 e. The van der Waals surface area contributed by atoms with Gasteiger partial charge in [-0.15, -0.1) is 0 Å². The first-order valence-electron chi connectivity index (χ1n) is 6.36. The Morgan fingerprint density at radius 1 is 1.48 bits per heavy atom. The van der Waals surface area contributed by atoms with Crippen LogP contribution in [0.3, 0.4) is 0 Å². The molecule has 0 saturated heterocycles. The molecule has 9 heteroatoms. The Labute approximate surface area is 140 Å². The normalized spacial score (nSPS) is 15.5. The van der Waals surface area contributed by atoms with Crippen LogP contribution in [0.4, 0.5) is 0 Å². The maximum absolute atomic E-state index is 11.9. The summed E-state index contributed by atoms with van der Waals surface area (Å²) in [4.78, 5) is 37.7. The number of benzene rings is 1. The van der Waals surface area contributed by atoms with Crippen LogP contribution in [0.15, 0.2) is 28.1 Å². The third-order valence-corrected chi connectivity index (χ3v) is 3.67. The van der Waals surface area contributed by atoms with Crippen LogP contribution >= 0.6 is 23.4 Å².